The van der Waals surface area contributed by atoms with Crippen LogP contribution in [-0.4, -0.2) is 38.7 Å². The third-order valence-electron chi connectivity index (χ3n) is 3.31. The molecule has 1 heterocycles. The van der Waals surface area contributed by atoms with Crippen LogP contribution in [0.2, 0.25) is 0 Å². The molecule has 0 aliphatic heterocycles. The van der Waals surface area contributed by atoms with Gasteiger partial charge in [-0.2, -0.15) is 0 Å². The van der Waals surface area contributed by atoms with Crippen molar-refractivity contribution in [2.45, 2.75) is 6.04 Å². The van der Waals surface area contributed by atoms with E-state index < -0.39 is 0 Å². The van der Waals surface area contributed by atoms with Crippen LogP contribution in [0.1, 0.15) is 10.9 Å². The number of benzene rings is 1. The number of nitrogens with one attached hydrogen (secondary N) is 2. The van der Waals surface area contributed by atoms with Gasteiger partial charge in [-0.25, -0.2) is 4.79 Å². The van der Waals surface area contributed by atoms with Crippen molar-refractivity contribution in [1.82, 2.24) is 10.2 Å². The van der Waals surface area contributed by atoms with E-state index in [1.54, 1.807) is 24.5 Å². The molecule has 0 unspecified atom stereocenters. The predicted octanol–water partition coefficient (Wildman–Crippen LogP) is 3.18. The smallest absolute Gasteiger partial charge is 0.319 e. The highest BCUT2D eigenvalue weighted by molar-refractivity contribution is 7.10. The number of methoxy groups -OCH3 is 1. The SMILES string of the molecule is COc1ccccc1NC(=O)NC[C@@H](c1cccs1)N(C)C. The zero-order valence-corrected chi connectivity index (χ0v) is 13.8. The van der Waals surface area contributed by atoms with Crippen molar-refractivity contribution in [3.63, 3.8) is 0 Å². The van der Waals surface area contributed by atoms with Crippen molar-refractivity contribution in [3.8, 4) is 5.75 Å². The van der Waals surface area contributed by atoms with E-state index >= 15 is 0 Å². The maximum Gasteiger partial charge on any atom is 0.319 e. The molecule has 0 spiro atoms. The minimum Gasteiger partial charge on any atom is -0.495 e. The minimum absolute atomic E-state index is 0.156. The highest BCUT2D eigenvalue weighted by atomic mass is 32.1. The summed E-state index contributed by atoms with van der Waals surface area (Å²) in [5.41, 5.74) is 0.653. The number of thiophene rings is 1. The van der Waals surface area contributed by atoms with Gasteiger partial charge in [0.15, 0.2) is 0 Å². The number of anilines is 1. The van der Waals surface area contributed by atoms with Crippen LogP contribution in [0.4, 0.5) is 10.5 Å². The zero-order valence-electron chi connectivity index (χ0n) is 13.0. The molecule has 1 atom stereocenters. The van der Waals surface area contributed by atoms with E-state index in [9.17, 15) is 4.79 Å². The molecule has 0 fully saturated rings. The van der Waals surface area contributed by atoms with Gasteiger partial charge in [0.1, 0.15) is 5.75 Å². The molecule has 2 N–H and O–H groups in total. The van der Waals surface area contributed by atoms with E-state index in [1.807, 2.05) is 43.7 Å². The van der Waals surface area contributed by atoms with Crippen LogP contribution in [0.3, 0.4) is 0 Å². The Morgan fingerprint density at radius 1 is 1.27 bits per heavy atom. The normalized spacial score (nSPS) is 12.0. The highest BCUT2D eigenvalue weighted by Crippen LogP contribution is 2.24. The molecule has 0 bridgehead atoms. The molecule has 1 aromatic carbocycles. The van der Waals surface area contributed by atoms with Crippen molar-refractivity contribution >= 4 is 23.1 Å². The van der Waals surface area contributed by atoms with E-state index in [-0.39, 0.29) is 12.1 Å². The Morgan fingerprint density at radius 2 is 2.05 bits per heavy atom. The van der Waals surface area contributed by atoms with Crippen molar-refractivity contribution < 1.29 is 9.53 Å². The first-order chi connectivity index (χ1) is 10.6. The zero-order chi connectivity index (χ0) is 15.9. The van der Waals surface area contributed by atoms with E-state index in [2.05, 4.69) is 21.6 Å². The molecule has 22 heavy (non-hydrogen) atoms. The molecule has 2 rings (SSSR count). The van der Waals surface area contributed by atoms with E-state index in [1.165, 1.54) is 4.88 Å². The largest absolute Gasteiger partial charge is 0.495 e. The van der Waals surface area contributed by atoms with Gasteiger partial charge < -0.3 is 20.3 Å². The van der Waals surface area contributed by atoms with Crippen LogP contribution >= 0.6 is 11.3 Å². The summed E-state index contributed by atoms with van der Waals surface area (Å²) in [6, 6.07) is 11.3. The van der Waals surface area contributed by atoms with E-state index in [0.717, 1.165) is 0 Å². The Balaban J connectivity index is 1.94. The second kappa shape index (κ2) is 7.82. The molecule has 6 heteroatoms. The quantitative estimate of drug-likeness (QED) is 0.860. The van der Waals surface area contributed by atoms with Crippen LogP contribution < -0.4 is 15.4 Å². The van der Waals surface area contributed by atoms with Gasteiger partial charge >= 0.3 is 6.03 Å². The number of amides is 2. The van der Waals surface area contributed by atoms with Gasteiger partial charge in [-0.1, -0.05) is 18.2 Å². The fourth-order valence-corrected chi connectivity index (χ4v) is 3.04. The van der Waals surface area contributed by atoms with Gasteiger partial charge in [0, 0.05) is 11.4 Å². The molecular formula is C16H21N3O2S. The fraction of sp³-hybridized carbons (Fsp3) is 0.312. The Kier molecular flexibility index (Phi) is 5.80. The predicted molar refractivity (Wildman–Crippen MR) is 90.8 cm³/mol. The van der Waals surface area contributed by atoms with Gasteiger partial charge in [-0.15, -0.1) is 11.3 Å². The lowest BCUT2D eigenvalue weighted by Crippen LogP contribution is -2.36. The minimum atomic E-state index is -0.243. The number of likely N-dealkylation sites (N-methyl/N-ethyl adjacent to an activating group) is 1. The monoisotopic (exact) mass is 319 g/mol. The summed E-state index contributed by atoms with van der Waals surface area (Å²) in [7, 11) is 5.59. The average molecular weight is 319 g/mol. The number of urea groups is 1. The van der Waals surface area contributed by atoms with Gasteiger partial charge in [0.2, 0.25) is 0 Å². The molecule has 2 aromatic rings. The molecule has 1 aromatic heterocycles. The number of rotatable bonds is 6. The van der Waals surface area contributed by atoms with Gasteiger partial charge in [0.25, 0.3) is 0 Å². The van der Waals surface area contributed by atoms with Gasteiger partial charge in [0.05, 0.1) is 18.8 Å². The topological polar surface area (TPSA) is 53.6 Å². The third-order valence-corrected chi connectivity index (χ3v) is 4.28. The standard InChI is InChI=1S/C16H21N3O2S/c1-19(2)13(15-9-6-10-22-15)11-17-16(20)18-12-7-4-5-8-14(12)21-3/h4-10,13H,11H2,1-3H3,(H2,17,18,20)/t13-/m0/s1. The van der Waals surface area contributed by atoms with Crippen LogP contribution in [-0.2, 0) is 0 Å². The van der Waals surface area contributed by atoms with Crippen molar-refractivity contribution in [2.75, 3.05) is 33.1 Å². The molecule has 5 nitrogen and oxygen atoms in total. The molecule has 2 amide bonds. The molecule has 0 saturated carbocycles. The Hall–Kier alpha value is -2.05. The number of ether oxygens (including phenoxy) is 1. The van der Waals surface area contributed by atoms with Crippen LogP contribution in [0.5, 0.6) is 5.75 Å². The first kappa shape index (κ1) is 16.3. The van der Waals surface area contributed by atoms with E-state index in [4.69, 9.17) is 4.74 Å². The molecule has 0 aliphatic carbocycles. The second-order valence-electron chi connectivity index (χ2n) is 5.03. The van der Waals surface area contributed by atoms with Gasteiger partial charge in [-0.3, -0.25) is 0 Å². The van der Waals surface area contributed by atoms with E-state index in [0.29, 0.717) is 18.0 Å². The van der Waals surface area contributed by atoms with Crippen LogP contribution in [0.15, 0.2) is 41.8 Å². The summed E-state index contributed by atoms with van der Waals surface area (Å²) in [5, 5.41) is 7.76. The number of hydrogen-bond donors (Lipinski definition) is 2. The fourth-order valence-electron chi connectivity index (χ4n) is 2.12. The Labute approximate surface area is 134 Å². The summed E-state index contributed by atoms with van der Waals surface area (Å²) in [6.07, 6.45) is 0. The average Bonchev–Trinajstić information content (AvgIpc) is 3.01. The first-order valence-corrected chi connectivity index (χ1v) is 7.87. The lowest BCUT2D eigenvalue weighted by molar-refractivity contribution is 0.244. The summed E-state index contributed by atoms with van der Waals surface area (Å²) < 4.78 is 5.22. The molecule has 0 aliphatic rings. The lowest BCUT2D eigenvalue weighted by Gasteiger charge is -2.23. The summed E-state index contributed by atoms with van der Waals surface area (Å²) >= 11 is 1.69. The summed E-state index contributed by atoms with van der Waals surface area (Å²) in [6.45, 7) is 0.536. The third kappa shape index (κ3) is 4.22. The molecule has 0 radical (unpaired) electrons. The van der Waals surface area contributed by atoms with Crippen LogP contribution in [0, 0.1) is 0 Å². The number of carbonyl (C=O) groups is 1. The maximum absolute atomic E-state index is 12.1. The Bertz CT molecular complexity index is 599. The highest BCUT2D eigenvalue weighted by Gasteiger charge is 2.16. The van der Waals surface area contributed by atoms with Crippen molar-refractivity contribution in [2.24, 2.45) is 0 Å². The van der Waals surface area contributed by atoms with Crippen LogP contribution in [0.25, 0.3) is 0 Å². The molecule has 118 valence electrons. The summed E-state index contributed by atoms with van der Waals surface area (Å²) in [5.74, 6) is 0.639. The molecular weight excluding hydrogens is 298 g/mol. The number of carbonyl (C=O) groups excluding carboxylic acids is 1. The number of nitrogens with zero attached hydrogens (tertiary/aromatic N) is 1. The van der Waals surface area contributed by atoms with Crippen molar-refractivity contribution in [3.05, 3.63) is 46.7 Å². The maximum atomic E-state index is 12.1. The first-order valence-electron chi connectivity index (χ1n) is 6.99. The summed E-state index contributed by atoms with van der Waals surface area (Å²) in [4.78, 5) is 15.4. The number of hydrogen-bond acceptors (Lipinski definition) is 4. The molecule has 0 saturated heterocycles. The Morgan fingerprint density at radius 3 is 2.68 bits per heavy atom. The number of para-hydroxylation sites is 2. The van der Waals surface area contributed by atoms with Crippen molar-refractivity contribution in [1.29, 1.82) is 0 Å². The lowest BCUT2D eigenvalue weighted by atomic mass is 10.2. The second-order valence-corrected chi connectivity index (χ2v) is 6.01. The van der Waals surface area contributed by atoms with Gasteiger partial charge in [-0.05, 0) is 37.7 Å².